The van der Waals surface area contributed by atoms with Crippen molar-refractivity contribution in [2.24, 2.45) is 5.92 Å². The number of hydrogen-bond donors (Lipinski definition) is 1. The molecular formula is C14H28N2OS. The molecule has 0 amide bonds. The first-order valence-corrected chi connectivity index (χ1v) is 7.71. The van der Waals surface area contributed by atoms with Gasteiger partial charge >= 0.3 is 0 Å². The van der Waals surface area contributed by atoms with E-state index in [1.807, 2.05) is 0 Å². The van der Waals surface area contributed by atoms with Crippen LogP contribution >= 0.6 is 12.9 Å². The van der Waals surface area contributed by atoms with Gasteiger partial charge < -0.3 is 14.0 Å². The van der Waals surface area contributed by atoms with Gasteiger partial charge in [-0.15, -0.1) is 0 Å². The van der Waals surface area contributed by atoms with Gasteiger partial charge in [0, 0.05) is 18.6 Å². The van der Waals surface area contributed by atoms with Crippen LogP contribution in [-0.2, 0) is 4.18 Å². The first-order valence-electron chi connectivity index (χ1n) is 7.34. The Morgan fingerprint density at radius 1 is 1.28 bits per heavy atom. The minimum Gasteiger partial charge on any atom is -0.315 e. The van der Waals surface area contributed by atoms with Crippen molar-refractivity contribution < 1.29 is 4.18 Å². The normalized spacial score (nSPS) is 31.0. The van der Waals surface area contributed by atoms with Crippen molar-refractivity contribution in [1.29, 1.82) is 0 Å². The van der Waals surface area contributed by atoms with Crippen LogP contribution in [0.4, 0.5) is 0 Å². The molecule has 0 aromatic heterocycles. The molecule has 106 valence electrons. The lowest BCUT2D eigenvalue weighted by atomic mass is 9.87. The second-order valence-electron chi connectivity index (χ2n) is 6.37. The molecule has 2 rings (SSSR count). The lowest BCUT2D eigenvalue weighted by Crippen LogP contribution is -2.48. The summed E-state index contributed by atoms with van der Waals surface area (Å²) in [5, 5.41) is 0. The minimum atomic E-state index is 0.392. The van der Waals surface area contributed by atoms with Gasteiger partial charge in [0.2, 0.25) is 0 Å². The molecule has 0 radical (unpaired) electrons. The van der Waals surface area contributed by atoms with E-state index in [1.165, 1.54) is 32.5 Å². The molecule has 3 nitrogen and oxygen atoms in total. The molecule has 18 heavy (non-hydrogen) atoms. The SMILES string of the molecule is CC(C)N1CCC(CN(C)C2CC(OS)C2)CC1. The van der Waals surface area contributed by atoms with Gasteiger partial charge in [-0.05, 0) is 78.5 Å². The molecule has 0 bridgehead atoms. The summed E-state index contributed by atoms with van der Waals surface area (Å²) in [5.41, 5.74) is 0. The summed E-state index contributed by atoms with van der Waals surface area (Å²) >= 11 is 3.89. The van der Waals surface area contributed by atoms with E-state index in [9.17, 15) is 0 Å². The third-order valence-corrected chi connectivity index (χ3v) is 5.07. The number of nitrogens with zero attached hydrogens (tertiary/aromatic N) is 2. The van der Waals surface area contributed by atoms with E-state index in [-0.39, 0.29) is 0 Å². The molecule has 4 heteroatoms. The fourth-order valence-corrected chi connectivity index (χ4v) is 3.36. The molecule has 0 N–H and O–H groups in total. The van der Waals surface area contributed by atoms with Gasteiger partial charge in [0.1, 0.15) is 0 Å². The monoisotopic (exact) mass is 272 g/mol. The van der Waals surface area contributed by atoms with E-state index < -0.39 is 0 Å². The van der Waals surface area contributed by atoms with Gasteiger partial charge in [0.05, 0.1) is 6.10 Å². The maximum Gasteiger partial charge on any atom is 0.0748 e. The van der Waals surface area contributed by atoms with Crippen molar-refractivity contribution >= 4 is 12.9 Å². The van der Waals surface area contributed by atoms with E-state index in [2.05, 4.69) is 43.6 Å². The average Bonchev–Trinajstić information content (AvgIpc) is 2.28. The highest BCUT2D eigenvalue weighted by Gasteiger charge is 2.33. The van der Waals surface area contributed by atoms with Gasteiger partial charge in [0.15, 0.2) is 0 Å². The summed E-state index contributed by atoms with van der Waals surface area (Å²) in [6.07, 6.45) is 5.43. The summed E-state index contributed by atoms with van der Waals surface area (Å²) in [7, 11) is 2.27. The quantitative estimate of drug-likeness (QED) is 0.611. The van der Waals surface area contributed by atoms with Crippen LogP contribution in [0.5, 0.6) is 0 Å². The Morgan fingerprint density at radius 3 is 2.39 bits per heavy atom. The molecule has 0 aromatic rings. The van der Waals surface area contributed by atoms with Gasteiger partial charge in [-0.25, -0.2) is 0 Å². The highest BCUT2D eigenvalue weighted by atomic mass is 32.1. The van der Waals surface area contributed by atoms with E-state index in [4.69, 9.17) is 4.18 Å². The maximum absolute atomic E-state index is 5.06. The molecule has 0 atom stereocenters. The summed E-state index contributed by atoms with van der Waals surface area (Å²) in [4.78, 5) is 5.14. The third kappa shape index (κ3) is 3.62. The highest BCUT2D eigenvalue weighted by molar-refractivity contribution is 7.75. The Balaban J connectivity index is 1.65. The summed E-state index contributed by atoms with van der Waals surface area (Å²) in [6.45, 7) is 8.43. The molecule has 0 unspecified atom stereocenters. The Bertz CT molecular complexity index is 248. The van der Waals surface area contributed by atoms with Crippen LogP contribution in [-0.4, -0.2) is 54.7 Å². The Morgan fingerprint density at radius 2 is 1.89 bits per heavy atom. The van der Waals surface area contributed by atoms with Crippen LogP contribution in [0.15, 0.2) is 0 Å². The molecule has 2 fully saturated rings. The largest absolute Gasteiger partial charge is 0.315 e. The molecule has 1 heterocycles. The molecule has 1 saturated carbocycles. The van der Waals surface area contributed by atoms with Crippen molar-refractivity contribution in [2.45, 2.75) is 57.7 Å². The topological polar surface area (TPSA) is 15.7 Å². The highest BCUT2D eigenvalue weighted by Crippen LogP contribution is 2.30. The Labute approximate surface area is 117 Å². The fourth-order valence-electron chi connectivity index (χ4n) is 3.19. The molecular weight excluding hydrogens is 244 g/mol. The predicted octanol–water partition coefficient (Wildman–Crippen LogP) is 2.43. The van der Waals surface area contributed by atoms with Gasteiger partial charge in [-0.1, -0.05) is 0 Å². The number of thiol groups is 1. The number of rotatable bonds is 5. The summed E-state index contributed by atoms with van der Waals surface area (Å²) in [5.74, 6) is 0.890. The number of piperidine rings is 1. The minimum absolute atomic E-state index is 0.392. The fraction of sp³-hybridized carbons (Fsp3) is 1.00. The molecule has 1 aliphatic heterocycles. The van der Waals surface area contributed by atoms with Crippen LogP contribution in [0.2, 0.25) is 0 Å². The number of likely N-dealkylation sites (tertiary alicyclic amines) is 1. The van der Waals surface area contributed by atoms with E-state index in [0.717, 1.165) is 24.8 Å². The van der Waals surface area contributed by atoms with Crippen LogP contribution in [0.1, 0.15) is 39.5 Å². The van der Waals surface area contributed by atoms with Crippen molar-refractivity contribution in [3.8, 4) is 0 Å². The predicted molar refractivity (Wildman–Crippen MR) is 78.9 cm³/mol. The van der Waals surface area contributed by atoms with Gasteiger partial charge in [0.25, 0.3) is 0 Å². The molecule has 2 aliphatic rings. The van der Waals surface area contributed by atoms with Crippen LogP contribution < -0.4 is 0 Å². The van der Waals surface area contributed by atoms with Crippen molar-refractivity contribution in [1.82, 2.24) is 9.80 Å². The van der Waals surface area contributed by atoms with Crippen LogP contribution in [0, 0.1) is 5.92 Å². The maximum atomic E-state index is 5.06. The van der Waals surface area contributed by atoms with Crippen molar-refractivity contribution in [3.05, 3.63) is 0 Å². The van der Waals surface area contributed by atoms with Gasteiger partial charge in [-0.2, -0.15) is 0 Å². The van der Waals surface area contributed by atoms with Crippen LogP contribution in [0.3, 0.4) is 0 Å². The molecule has 1 saturated heterocycles. The average molecular weight is 272 g/mol. The summed E-state index contributed by atoms with van der Waals surface area (Å²) in [6, 6.07) is 1.44. The van der Waals surface area contributed by atoms with E-state index in [0.29, 0.717) is 12.1 Å². The standard InChI is InChI=1S/C14H28N2OS/c1-11(2)16-6-4-12(5-7-16)10-15(3)13-8-14(9-13)17-18/h11-14,18H,4-10H2,1-3H3. The van der Waals surface area contributed by atoms with Gasteiger partial charge in [-0.3, -0.25) is 0 Å². The van der Waals surface area contributed by atoms with Crippen LogP contribution in [0.25, 0.3) is 0 Å². The lowest BCUT2D eigenvalue weighted by Gasteiger charge is -2.42. The Hall–Kier alpha value is 0.230. The van der Waals surface area contributed by atoms with E-state index in [1.54, 1.807) is 0 Å². The zero-order valence-electron chi connectivity index (χ0n) is 12.0. The molecule has 1 aliphatic carbocycles. The second kappa shape index (κ2) is 6.60. The summed E-state index contributed by atoms with van der Waals surface area (Å²) < 4.78 is 5.06. The lowest BCUT2D eigenvalue weighted by molar-refractivity contribution is 0.0282. The first-order chi connectivity index (χ1) is 8.60. The number of hydrogen-bond acceptors (Lipinski definition) is 4. The third-order valence-electron chi connectivity index (χ3n) is 4.77. The second-order valence-corrected chi connectivity index (χ2v) is 6.58. The molecule has 0 aromatic carbocycles. The van der Waals surface area contributed by atoms with E-state index >= 15 is 0 Å². The van der Waals surface area contributed by atoms with Crippen molar-refractivity contribution in [2.75, 3.05) is 26.7 Å². The zero-order valence-corrected chi connectivity index (χ0v) is 12.9. The molecule has 0 spiro atoms. The van der Waals surface area contributed by atoms with Crippen molar-refractivity contribution in [3.63, 3.8) is 0 Å². The Kier molecular flexibility index (Phi) is 5.36. The zero-order chi connectivity index (χ0) is 13.1. The first kappa shape index (κ1) is 14.6. The smallest absolute Gasteiger partial charge is 0.0748 e.